The zero-order valence-corrected chi connectivity index (χ0v) is 10.7. The van der Waals surface area contributed by atoms with Crippen LogP contribution in [0, 0.1) is 5.82 Å². The van der Waals surface area contributed by atoms with E-state index in [1.807, 2.05) is 0 Å². The largest absolute Gasteiger partial charge is 0.352 e. The van der Waals surface area contributed by atoms with Crippen molar-refractivity contribution in [1.82, 2.24) is 5.32 Å². The SMILES string of the molecule is O=C(c1cccc(F)c1)c1ccc2c(c1)C(=O)NCC2. The Morgan fingerprint density at radius 3 is 2.70 bits per heavy atom. The first kappa shape index (κ1) is 12.5. The molecule has 0 saturated heterocycles. The standard InChI is InChI=1S/C16H12FNO2/c17-13-3-1-2-11(8-13)15(19)12-5-4-10-6-7-18-16(20)14(10)9-12/h1-5,8-9H,6-7H2,(H,18,20). The predicted molar refractivity (Wildman–Crippen MR) is 72.3 cm³/mol. The first-order valence-corrected chi connectivity index (χ1v) is 6.36. The highest BCUT2D eigenvalue weighted by atomic mass is 19.1. The van der Waals surface area contributed by atoms with E-state index < -0.39 is 5.82 Å². The van der Waals surface area contributed by atoms with Crippen molar-refractivity contribution >= 4 is 11.7 Å². The Balaban J connectivity index is 2.01. The van der Waals surface area contributed by atoms with Crippen molar-refractivity contribution in [2.75, 3.05) is 6.54 Å². The number of benzene rings is 2. The Morgan fingerprint density at radius 2 is 1.90 bits per heavy atom. The second-order valence-corrected chi connectivity index (χ2v) is 4.72. The molecule has 20 heavy (non-hydrogen) atoms. The molecule has 2 aromatic rings. The average Bonchev–Trinajstić information content (AvgIpc) is 2.47. The van der Waals surface area contributed by atoms with Gasteiger partial charge in [0.15, 0.2) is 5.78 Å². The lowest BCUT2D eigenvalue weighted by Gasteiger charge is -2.16. The predicted octanol–water partition coefficient (Wildman–Crippen LogP) is 2.34. The van der Waals surface area contributed by atoms with Crippen molar-refractivity contribution in [1.29, 1.82) is 0 Å². The summed E-state index contributed by atoms with van der Waals surface area (Å²) in [7, 11) is 0. The highest BCUT2D eigenvalue weighted by molar-refractivity contribution is 6.10. The van der Waals surface area contributed by atoms with Crippen LogP contribution in [0.15, 0.2) is 42.5 Å². The van der Waals surface area contributed by atoms with Gasteiger partial charge in [0.05, 0.1) is 0 Å². The second kappa shape index (κ2) is 4.89. The second-order valence-electron chi connectivity index (χ2n) is 4.72. The van der Waals surface area contributed by atoms with Gasteiger partial charge in [-0.15, -0.1) is 0 Å². The summed E-state index contributed by atoms with van der Waals surface area (Å²) in [5.41, 5.74) is 2.13. The van der Waals surface area contributed by atoms with E-state index in [1.54, 1.807) is 24.3 Å². The number of carbonyl (C=O) groups is 2. The monoisotopic (exact) mass is 269 g/mol. The number of carbonyl (C=O) groups excluding carboxylic acids is 2. The normalized spacial score (nSPS) is 13.6. The smallest absolute Gasteiger partial charge is 0.251 e. The summed E-state index contributed by atoms with van der Waals surface area (Å²) in [6.07, 6.45) is 0.759. The fourth-order valence-corrected chi connectivity index (χ4v) is 2.35. The summed E-state index contributed by atoms with van der Waals surface area (Å²) < 4.78 is 13.2. The molecule has 1 N–H and O–H groups in total. The molecular formula is C16H12FNO2. The van der Waals surface area contributed by atoms with Gasteiger partial charge in [-0.1, -0.05) is 24.3 Å². The molecular weight excluding hydrogens is 257 g/mol. The Hall–Kier alpha value is -2.49. The summed E-state index contributed by atoms with van der Waals surface area (Å²) in [5.74, 6) is -0.905. The summed E-state index contributed by atoms with van der Waals surface area (Å²) in [4.78, 5) is 24.1. The van der Waals surface area contributed by atoms with Crippen LogP contribution in [-0.2, 0) is 6.42 Å². The molecule has 2 aromatic carbocycles. The maximum Gasteiger partial charge on any atom is 0.251 e. The van der Waals surface area contributed by atoms with E-state index in [0.29, 0.717) is 17.7 Å². The van der Waals surface area contributed by atoms with Crippen LogP contribution in [0.4, 0.5) is 4.39 Å². The minimum atomic E-state index is -0.452. The average molecular weight is 269 g/mol. The fourth-order valence-electron chi connectivity index (χ4n) is 2.35. The lowest BCUT2D eigenvalue weighted by atomic mass is 9.94. The van der Waals surface area contributed by atoms with E-state index in [1.165, 1.54) is 18.2 Å². The van der Waals surface area contributed by atoms with Crippen LogP contribution in [-0.4, -0.2) is 18.2 Å². The van der Waals surface area contributed by atoms with Crippen LogP contribution in [0.5, 0.6) is 0 Å². The molecule has 0 spiro atoms. The molecule has 0 atom stereocenters. The molecule has 3 nitrogen and oxygen atoms in total. The van der Waals surface area contributed by atoms with E-state index in [4.69, 9.17) is 0 Å². The Bertz CT molecular complexity index is 709. The van der Waals surface area contributed by atoms with Crippen LogP contribution in [0.2, 0.25) is 0 Å². The summed E-state index contributed by atoms with van der Waals surface area (Å²) in [5, 5.41) is 2.74. The molecule has 0 aromatic heterocycles. The van der Waals surface area contributed by atoms with Crippen molar-refractivity contribution in [2.45, 2.75) is 6.42 Å². The first-order chi connectivity index (χ1) is 9.65. The van der Waals surface area contributed by atoms with Crippen LogP contribution in [0.25, 0.3) is 0 Å². The third-order valence-corrected chi connectivity index (χ3v) is 3.38. The topological polar surface area (TPSA) is 46.2 Å². The van der Waals surface area contributed by atoms with E-state index in [-0.39, 0.29) is 17.3 Å². The maximum absolute atomic E-state index is 13.2. The number of hydrogen-bond donors (Lipinski definition) is 1. The minimum Gasteiger partial charge on any atom is -0.352 e. The third kappa shape index (κ3) is 2.20. The van der Waals surface area contributed by atoms with Gasteiger partial charge in [0, 0.05) is 23.2 Å². The molecule has 1 heterocycles. The summed E-state index contributed by atoms with van der Waals surface area (Å²) >= 11 is 0. The molecule has 0 bridgehead atoms. The number of hydrogen-bond acceptors (Lipinski definition) is 2. The zero-order chi connectivity index (χ0) is 14.1. The number of ketones is 1. The van der Waals surface area contributed by atoms with Gasteiger partial charge in [-0.25, -0.2) is 4.39 Å². The van der Waals surface area contributed by atoms with Crippen LogP contribution >= 0.6 is 0 Å². The number of halogens is 1. The van der Waals surface area contributed by atoms with E-state index >= 15 is 0 Å². The van der Waals surface area contributed by atoms with E-state index in [2.05, 4.69) is 5.32 Å². The molecule has 4 heteroatoms. The van der Waals surface area contributed by atoms with Gasteiger partial charge in [-0.2, -0.15) is 0 Å². The minimum absolute atomic E-state index is 0.167. The number of nitrogens with one attached hydrogen (secondary N) is 1. The quantitative estimate of drug-likeness (QED) is 0.851. The Labute approximate surface area is 115 Å². The highest BCUT2D eigenvalue weighted by Crippen LogP contribution is 2.18. The van der Waals surface area contributed by atoms with Gasteiger partial charge in [0.2, 0.25) is 0 Å². The highest BCUT2D eigenvalue weighted by Gasteiger charge is 2.19. The molecule has 0 aliphatic carbocycles. The Kier molecular flexibility index (Phi) is 3.06. The van der Waals surface area contributed by atoms with Gasteiger partial charge >= 0.3 is 0 Å². The first-order valence-electron chi connectivity index (χ1n) is 6.36. The zero-order valence-electron chi connectivity index (χ0n) is 10.7. The molecule has 0 radical (unpaired) electrons. The van der Waals surface area contributed by atoms with Crippen LogP contribution in [0.1, 0.15) is 31.8 Å². The molecule has 1 amide bonds. The number of rotatable bonds is 2. The van der Waals surface area contributed by atoms with E-state index in [9.17, 15) is 14.0 Å². The molecule has 1 aliphatic rings. The molecule has 0 unspecified atom stereocenters. The number of fused-ring (bicyclic) bond motifs is 1. The van der Waals surface area contributed by atoms with Gasteiger partial charge in [0.1, 0.15) is 5.82 Å². The lowest BCUT2D eigenvalue weighted by Crippen LogP contribution is -2.32. The molecule has 0 saturated carbocycles. The molecule has 3 rings (SSSR count). The van der Waals surface area contributed by atoms with Gasteiger partial charge in [0.25, 0.3) is 5.91 Å². The van der Waals surface area contributed by atoms with Crippen molar-refractivity contribution in [3.8, 4) is 0 Å². The van der Waals surface area contributed by atoms with Gasteiger partial charge < -0.3 is 5.32 Å². The van der Waals surface area contributed by atoms with Crippen molar-refractivity contribution in [3.05, 3.63) is 70.5 Å². The summed E-state index contributed by atoms with van der Waals surface area (Å²) in [6.45, 7) is 0.614. The molecule has 0 fully saturated rings. The summed E-state index contributed by atoms with van der Waals surface area (Å²) in [6, 6.07) is 10.6. The number of amides is 1. The Morgan fingerprint density at radius 1 is 1.10 bits per heavy atom. The third-order valence-electron chi connectivity index (χ3n) is 3.38. The molecule has 100 valence electrons. The van der Waals surface area contributed by atoms with Crippen LogP contribution in [0.3, 0.4) is 0 Å². The van der Waals surface area contributed by atoms with Crippen molar-refractivity contribution in [2.24, 2.45) is 0 Å². The maximum atomic E-state index is 13.2. The van der Waals surface area contributed by atoms with Crippen LogP contribution < -0.4 is 5.32 Å². The lowest BCUT2D eigenvalue weighted by molar-refractivity contribution is 0.0946. The van der Waals surface area contributed by atoms with E-state index in [0.717, 1.165) is 12.0 Å². The van der Waals surface area contributed by atoms with Crippen molar-refractivity contribution in [3.63, 3.8) is 0 Å². The molecule has 1 aliphatic heterocycles. The van der Waals surface area contributed by atoms with Gasteiger partial charge in [-0.3, -0.25) is 9.59 Å². The van der Waals surface area contributed by atoms with Crippen molar-refractivity contribution < 1.29 is 14.0 Å². The fraction of sp³-hybridized carbons (Fsp3) is 0.125. The van der Waals surface area contributed by atoms with Gasteiger partial charge in [-0.05, 0) is 30.2 Å².